The first-order valence-corrected chi connectivity index (χ1v) is 3.69. The van der Waals surface area contributed by atoms with E-state index in [-0.39, 0.29) is 11.8 Å². The zero-order valence-corrected chi connectivity index (χ0v) is 5.64. The second-order valence-corrected chi connectivity index (χ2v) is 3.18. The molecule has 0 aromatic heterocycles. The molecule has 2 aliphatic rings. The average molecular weight is 143 g/mol. The molecule has 10 heavy (non-hydrogen) atoms. The molecule has 1 aliphatic carbocycles. The first kappa shape index (κ1) is 6.13. The molecule has 56 valence electrons. The Kier molecular flexibility index (Phi) is 1.19. The number of hydrogen-bond acceptors (Lipinski definition) is 1. The van der Waals surface area contributed by atoms with E-state index in [4.69, 9.17) is 0 Å². The molecular weight excluding hydrogens is 133 g/mol. The molecule has 1 heterocycles. The molecule has 2 fully saturated rings. The van der Waals surface area contributed by atoms with Gasteiger partial charge in [-0.2, -0.15) is 0 Å². The van der Waals surface area contributed by atoms with Crippen LogP contribution in [-0.4, -0.2) is 18.6 Å². The predicted octanol–water partition coefficient (Wildman–Crippen LogP) is 0.480. The quantitative estimate of drug-likeness (QED) is 0.525. The largest absolute Gasteiger partial charge is 0.356 e. The van der Waals surface area contributed by atoms with E-state index in [1.165, 1.54) is 0 Å². The summed E-state index contributed by atoms with van der Waals surface area (Å²) in [7, 11) is 0. The van der Waals surface area contributed by atoms with Gasteiger partial charge in [0.25, 0.3) is 0 Å². The Labute approximate surface area is 58.8 Å². The molecule has 1 aliphatic heterocycles. The molecule has 1 amide bonds. The topological polar surface area (TPSA) is 29.1 Å². The first-order valence-electron chi connectivity index (χ1n) is 3.69. The summed E-state index contributed by atoms with van der Waals surface area (Å²) in [5, 5.41) is 2.74. The van der Waals surface area contributed by atoms with Gasteiger partial charge in [-0.25, -0.2) is 4.39 Å². The molecule has 1 N–H and O–H groups in total. The number of amides is 1. The molecule has 3 heteroatoms. The van der Waals surface area contributed by atoms with Gasteiger partial charge in [0.15, 0.2) is 0 Å². The summed E-state index contributed by atoms with van der Waals surface area (Å²) in [6, 6.07) is 0. The first-order chi connectivity index (χ1) is 4.77. The van der Waals surface area contributed by atoms with Crippen LogP contribution in [0.4, 0.5) is 4.39 Å². The van der Waals surface area contributed by atoms with Gasteiger partial charge < -0.3 is 5.32 Å². The van der Waals surface area contributed by atoms with Crippen molar-refractivity contribution in [2.75, 3.05) is 6.54 Å². The van der Waals surface area contributed by atoms with E-state index in [0.717, 1.165) is 0 Å². The van der Waals surface area contributed by atoms with Crippen LogP contribution in [0.1, 0.15) is 12.8 Å². The van der Waals surface area contributed by atoms with Crippen LogP contribution in [0.5, 0.6) is 0 Å². The molecule has 1 saturated heterocycles. The predicted molar refractivity (Wildman–Crippen MR) is 34.1 cm³/mol. The third kappa shape index (κ3) is 0.728. The molecule has 0 radical (unpaired) electrons. The highest BCUT2D eigenvalue weighted by Gasteiger charge is 2.42. The lowest BCUT2D eigenvalue weighted by Gasteiger charge is -1.99. The van der Waals surface area contributed by atoms with Crippen LogP contribution in [0.15, 0.2) is 0 Å². The summed E-state index contributed by atoms with van der Waals surface area (Å²) in [5.74, 6) is 0.350. The Bertz CT molecular complexity index is 171. The summed E-state index contributed by atoms with van der Waals surface area (Å²) in [6.07, 6.45) is 0.320. The van der Waals surface area contributed by atoms with E-state index in [1.807, 2.05) is 0 Å². The van der Waals surface area contributed by atoms with E-state index < -0.39 is 6.17 Å². The van der Waals surface area contributed by atoms with Gasteiger partial charge in [-0.05, 0) is 18.8 Å². The minimum absolute atomic E-state index is 0.00463. The van der Waals surface area contributed by atoms with Gasteiger partial charge in [0.1, 0.15) is 6.17 Å². The van der Waals surface area contributed by atoms with Crippen LogP contribution in [0.2, 0.25) is 0 Å². The van der Waals surface area contributed by atoms with Crippen molar-refractivity contribution >= 4 is 5.91 Å². The van der Waals surface area contributed by atoms with Gasteiger partial charge in [-0.1, -0.05) is 0 Å². The number of hydrogen-bond donors (Lipinski definition) is 1. The van der Waals surface area contributed by atoms with Crippen molar-refractivity contribution < 1.29 is 9.18 Å². The maximum atomic E-state index is 12.6. The number of carbonyl (C=O) groups is 1. The summed E-state index contributed by atoms with van der Waals surface area (Å²) in [5.41, 5.74) is 0. The number of nitrogens with one attached hydrogen (secondary N) is 1. The van der Waals surface area contributed by atoms with Crippen LogP contribution in [0.25, 0.3) is 0 Å². The standard InChI is InChI=1S/C7H10FNO/c8-5-1-4-3-9-7(10)6(4)2-5/h4-6H,1-3H2,(H,9,10). The zero-order chi connectivity index (χ0) is 7.14. The van der Waals surface area contributed by atoms with Gasteiger partial charge >= 0.3 is 0 Å². The van der Waals surface area contributed by atoms with Crippen LogP contribution in [0, 0.1) is 11.8 Å². The zero-order valence-electron chi connectivity index (χ0n) is 5.64. The van der Waals surface area contributed by atoms with E-state index >= 15 is 0 Å². The highest BCUT2D eigenvalue weighted by Crippen LogP contribution is 2.36. The third-order valence-corrected chi connectivity index (χ3v) is 2.51. The highest BCUT2D eigenvalue weighted by molar-refractivity contribution is 5.81. The number of halogens is 1. The SMILES string of the molecule is O=C1NCC2CC(F)CC12. The van der Waals surface area contributed by atoms with E-state index in [0.29, 0.717) is 25.3 Å². The lowest BCUT2D eigenvalue weighted by molar-refractivity contribution is -0.122. The lowest BCUT2D eigenvalue weighted by atomic mass is 10.0. The fourth-order valence-corrected chi connectivity index (χ4v) is 1.97. The number of alkyl halides is 1. The Morgan fingerprint density at radius 1 is 1.50 bits per heavy atom. The van der Waals surface area contributed by atoms with Gasteiger partial charge in [0.05, 0.1) is 0 Å². The minimum Gasteiger partial charge on any atom is -0.356 e. The number of rotatable bonds is 0. The smallest absolute Gasteiger partial charge is 0.223 e. The van der Waals surface area contributed by atoms with E-state index in [9.17, 15) is 9.18 Å². The fourth-order valence-electron chi connectivity index (χ4n) is 1.97. The minimum atomic E-state index is -0.721. The van der Waals surface area contributed by atoms with Crippen molar-refractivity contribution in [3.8, 4) is 0 Å². The van der Waals surface area contributed by atoms with Crippen molar-refractivity contribution in [2.45, 2.75) is 19.0 Å². The second kappa shape index (κ2) is 1.94. The van der Waals surface area contributed by atoms with E-state index in [2.05, 4.69) is 5.32 Å². The molecule has 3 unspecified atom stereocenters. The molecular formula is C7H10FNO. The van der Waals surface area contributed by atoms with Gasteiger partial charge in [-0.15, -0.1) is 0 Å². The molecule has 0 spiro atoms. The summed E-state index contributed by atoms with van der Waals surface area (Å²) in [4.78, 5) is 10.9. The van der Waals surface area contributed by atoms with Crippen LogP contribution in [0.3, 0.4) is 0 Å². The maximum absolute atomic E-state index is 12.6. The third-order valence-electron chi connectivity index (χ3n) is 2.51. The lowest BCUT2D eigenvalue weighted by Crippen LogP contribution is -2.19. The second-order valence-electron chi connectivity index (χ2n) is 3.18. The van der Waals surface area contributed by atoms with Crippen LogP contribution in [-0.2, 0) is 4.79 Å². The molecule has 0 aromatic rings. The molecule has 2 nitrogen and oxygen atoms in total. The van der Waals surface area contributed by atoms with Gasteiger partial charge in [0.2, 0.25) is 5.91 Å². The summed E-state index contributed by atoms with van der Waals surface area (Å²) >= 11 is 0. The normalized spacial score (nSPS) is 45.3. The van der Waals surface area contributed by atoms with Crippen molar-refractivity contribution in [3.05, 3.63) is 0 Å². The Balaban J connectivity index is 2.12. The number of fused-ring (bicyclic) bond motifs is 1. The van der Waals surface area contributed by atoms with Crippen molar-refractivity contribution in [3.63, 3.8) is 0 Å². The monoisotopic (exact) mass is 143 g/mol. The van der Waals surface area contributed by atoms with Crippen molar-refractivity contribution in [2.24, 2.45) is 11.8 Å². The fraction of sp³-hybridized carbons (Fsp3) is 0.857. The Morgan fingerprint density at radius 3 is 3.00 bits per heavy atom. The van der Waals surface area contributed by atoms with Crippen LogP contribution < -0.4 is 5.32 Å². The molecule has 0 aromatic carbocycles. The average Bonchev–Trinajstić information content (AvgIpc) is 2.35. The van der Waals surface area contributed by atoms with Gasteiger partial charge in [-0.3, -0.25) is 4.79 Å². The van der Waals surface area contributed by atoms with Crippen molar-refractivity contribution in [1.29, 1.82) is 0 Å². The summed E-state index contributed by atoms with van der Waals surface area (Å²) < 4.78 is 12.6. The molecule has 2 rings (SSSR count). The molecule has 0 bridgehead atoms. The van der Waals surface area contributed by atoms with Crippen molar-refractivity contribution in [1.82, 2.24) is 5.32 Å². The maximum Gasteiger partial charge on any atom is 0.223 e. The Morgan fingerprint density at radius 2 is 2.30 bits per heavy atom. The van der Waals surface area contributed by atoms with Crippen LogP contribution >= 0.6 is 0 Å². The molecule has 3 atom stereocenters. The number of carbonyl (C=O) groups excluding carboxylic acids is 1. The van der Waals surface area contributed by atoms with E-state index in [1.54, 1.807) is 0 Å². The van der Waals surface area contributed by atoms with Gasteiger partial charge in [0, 0.05) is 12.5 Å². The summed E-state index contributed by atoms with van der Waals surface area (Å²) in [6.45, 7) is 0.698. The molecule has 1 saturated carbocycles. The highest BCUT2D eigenvalue weighted by atomic mass is 19.1. The Hall–Kier alpha value is -0.600.